The number of hydrogen-bond donors (Lipinski definition) is 3. The number of hydrogen-bond acceptors (Lipinski definition) is 7. The Morgan fingerprint density at radius 3 is 2.47 bits per heavy atom. The van der Waals surface area contributed by atoms with Crippen LogP contribution in [-0.2, 0) is 9.53 Å². The second-order valence-electron chi connectivity index (χ2n) is 8.62. The van der Waals surface area contributed by atoms with Crippen LogP contribution in [0.15, 0.2) is 30.5 Å². The molecule has 4 N–H and O–H groups in total. The Bertz CT molecular complexity index is 723. The monoisotopic (exact) mass is 449 g/mol. The van der Waals surface area contributed by atoms with E-state index in [-0.39, 0.29) is 18.6 Å². The fraction of sp³-hybridized carbons (Fsp3) is 0.625. The van der Waals surface area contributed by atoms with E-state index in [0.717, 1.165) is 43.5 Å². The first-order valence-electron chi connectivity index (χ1n) is 11.4. The zero-order valence-corrected chi connectivity index (χ0v) is 19.6. The third-order valence-corrected chi connectivity index (χ3v) is 5.54. The number of aliphatic hydroxyl groups is 2. The van der Waals surface area contributed by atoms with Crippen molar-refractivity contribution < 1.29 is 24.5 Å². The van der Waals surface area contributed by atoms with E-state index in [1.807, 2.05) is 38.4 Å². The number of rotatable bonds is 13. The van der Waals surface area contributed by atoms with Gasteiger partial charge in [-0.1, -0.05) is 12.8 Å². The first kappa shape index (κ1) is 26.0. The van der Waals surface area contributed by atoms with Crippen molar-refractivity contribution in [2.45, 2.75) is 63.4 Å². The molecule has 1 aromatic rings. The van der Waals surface area contributed by atoms with Crippen LogP contribution in [0.3, 0.4) is 0 Å². The largest absolute Gasteiger partial charge is 0.462 e. The molecule has 180 valence electrons. The molecule has 0 spiro atoms. The van der Waals surface area contributed by atoms with Gasteiger partial charge in [0, 0.05) is 40.3 Å². The molecule has 1 fully saturated rings. The van der Waals surface area contributed by atoms with Crippen molar-refractivity contribution in [1.29, 1.82) is 0 Å². The third kappa shape index (κ3) is 8.68. The molecule has 1 heterocycles. The van der Waals surface area contributed by atoms with Crippen LogP contribution in [0.25, 0.3) is 5.70 Å². The average molecular weight is 450 g/mol. The van der Waals surface area contributed by atoms with Crippen molar-refractivity contribution in [3.63, 3.8) is 0 Å². The highest BCUT2D eigenvalue weighted by molar-refractivity contribution is 5.73. The lowest BCUT2D eigenvalue weighted by molar-refractivity contribution is -0.208. The molecular weight excluding hydrogens is 410 g/mol. The molecule has 1 amide bonds. The zero-order valence-electron chi connectivity index (χ0n) is 19.6. The molecule has 1 aromatic carbocycles. The van der Waals surface area contributed by atoms with Crippen LogP contribution in [0.1, 0.15) is 50.5 Å². The smallest absolute Gasteiger partial charge is 0.226 e. The molecule has 0 bridgehead atoms. The molecule has 8 nitrogen and oxygen atoms in total. The molecule has 1 saturated heterocycles. The molecule has 8 heteroatoms. The number of carbonyl (C=O) groups excluding carboxylic acids is 1. The normalized spacial score (nSPS) is 21.3. The van der Waals surface area contributed by atoms with E-state index >= 15 is 0 Å². The van der Waals surface area contributed by atoms with Crippen molar-refractivity contribution in [3.05, 3.63) is 36.0 Å². The Balaban J connectivity index is 1.91. The van der Waals surface area contributed by atoms with E-state index in [9.17, 15) is 15.0 Å². The van der Waals surface area contributed by atoms with Gasteiger partial charge in [0.05, 0.1) is 18.4 Å². The highest BCUT2D eigenvalue weighted by Gasteiger charge is 2.31. The Morgan fingerprint density at radius 1 is 1.16 bits per heavy atom. The third-order valence-electron chi connectivity index (χ3n) is 5.54. The van der Waals surface area contributed by atoms with Gasteiger partial charge in [-0.3, -0.25) is 4.79 Å². The number of benzene rings is 1. The number of nitrogens with two attached hydrogens (primary N) is 1. The molecule has 2 rings (SSSR count). The summed E-state index contributed by atoms with van der Waals surface area (Å²) in [5.41, 5.74) is 7.29. The Morgan fingerprint density at radius 2 is 1.84 bits per heavy atom. The highest BCUT2D eigenvalue weighted by atomic mass is 16.7. The molecule has 0 radical (unpaired) electrons. The van der Waals surface area contributed by atoms with Gasteiger partial charge < -0.3 is 35.2 Å². The van der Waals surface area contributed by atoms with Gasteiger partial charge in [0.2, 0.25) is 12.2 Å². The predicted octanol–water partition coefficient (Wildman–Crippen LogP) is 2.15. The van der Waals surface area contributed by atoms with E-state index < -0.39 is 12.4 Å². The van der Waals surface area contributed by atoms with Crippen LogP contribution < -0.4 is 10.5 Å². The maximum atomic E-state index is 10.8. The Kier molecular flexibility index (Phi) is 10.8. The van der Waals surface area contributed by atoms with Crippen molar-refractivity contribution >= 4 is 11.6 Å². The number of aliphatic hydroxyl groups excluding tert-OH is 2. The fourth-order valence-corrected chi connectivity index (χ4v) is 3.66. The predicted molar refractivity (Wildman–Crippen MR) is 125 cm³/mol. The zero-order chi connectivity index (χ0) is 23.5. The molecule has 1 aliphatic rings. The lowest BCUT2D eigenvalue weighted by Crippen LogP contribution is -2.43. The first-order chi connectivity index (χ1) is 15.3. The SMILES string of the molecule is CN(/C=C(/c1ccc(O[C@H]2OC(CO)CCC2O)cc1)N(C)C)CCCCCCC(N)=O. The molecule has 0 aliphatic carbocycles. The van der Waals surface area contributed by atoms with Crippen molar-refractivity contribution in [2.75, 3.05) is 34.3 Å². The van der Waals surface area contributed by atoms with Gasteiger partial charge in [0.15, 0.2) is 0 Å². The minimum absolute atomic E-state index is 0.0800. The summed E-state index contributed by atoms with van der Waals surface area (Å²) in [6.45, 7) is 0.849. The second-order valence-corrected chi connectivity index (χ2v) is 8.62. The average Bonchev–Trinajstić information content (AvgIpc) is 2.76. The van der Waals surface area contributed by atoms with E-state index in [4.69, 9.17) is 15.2 Å². The summed E-state index contributed by atoms with van der Waals surface area (Å²) in [7, 11) is 6.08. The summed E-state index contributed by atoms with van der Waals surface area (Å²) >= 11 is 0. The minimum Gasteiger partial charge on any atom is -0.462 e. The lowest BCUT2D eigenvalue weighted by Gasteiger charge is -2.33. The molecule has 3 atom stereocenters. The topological polar surface area (TPSA) is 108 Å². The second kappa shape index (κ2) is 13.3. The van der Waals surface area contributed by atoms with E-state index in [1.165, 1.54) is 0 Å². The first-order valence-corrected chi connectivity index (χ1v) is 11.4. The number of amides is 1. The van der Waals surface area contributed by atoms with Crippen LogP contribution in [0.5, 0.6) is 5.75 Å². The molecule has 2 unspecified atom stereocenters. The molecule has 0 saturated carbocycles. The van der Waals surface area contributed by atoms with Gasteiger partial charge in [-0.25, -0.2) is 0 Å². The molecule has 0 aromatic heterocycles. The molecule has 32 heavy (non-hydrogen) atoms. The standard InChI is InChI=1S/C24H39N3O5/c1-26(2)21(16-27(3)15-7-5-4-6-8-23(25)30)18-9-11-19(12-10-18)31-24-22(29)14-13-20(17-28)32-24/h9-12,16,20,22,24,28-29H,4-8,13-15,17H2,1-3H3,(H2,25,30)/b21-16-/t20?,22?,24-/m0/s1. The van der Waals surface area contributed by atoms with Gasteiger partial charge in [-0.2, -0.15) is 0 Å². The van der Waals surface area contributed by atoms with E-state index in [2.05, 4.69) is 23.0 Å². The summed E-state index contributed by atoms with van der Waals surface area (Å²) in [6.07, 6.45) is 5.96. The molecule has 1 aliphatic heterocycles. The number of unbranched alkanes of at least 4 members (excludes halogenated alkanes) is 3. The Hall–Kier alpha value is -2.29. The van der Waals surface area contributed by atoms with Gasteiger partial charge in [-0.05, 0) is 55.5 Å². The maximum Gasteiger partial charge on any atom is 0.226 e. The highest BCUT2D eigenvalue weighted by Crippen LogP contribution is 2.25. The quantitative estimate of drug-likeness (QED) is 0.396. The van der Waals surface area contributed by atoms with Crippen LogP contribution in [0, 0.1) is 0 Å². The van der Waals surface area contributed by atoms with Gasteiger partial charge in [0.25, 0.3) is 0 Å². The van der Waals surface area contributed by atoms with Crippen LogP contribution in [-0.4, -0.2) is 78.7 Å². The van der Waals surface area contributed by atoms with Crippen molar-refractivity contribution in [1.82, 2.24) is 9.80 Å². The molecular formula is C24H39N3O5. The summed E-state index contributed by atoms with van der Waals surface area (Å²) < 4.78 is 11.4. The van der Waals surface area contributed by atoms with Crippen molar-refractivity contribution in [2.24, 2.45) is 5.73 Å². The summed E-state index contributed by atoms with van der Waals surface area (Å²) in [6, 6.07) is 7.70. The Labute approximate surface area is 191 Å². The maximum absolute atomic E-state index is 10.8. The van der Waals surface area contributed by atoms with E-state index in [1.54, 1.807) is 0 Å². The van der Waals surface area contributed by atoms with Crippen LogP contribution >= 0.6 is 0 Å². The van der Waals surface area contributed by atoms with Gasteiger partial charge >= 0.3 is 0 Å². The number of primary amides is 1. The number of ether oxygens (including phenoxy) is 2. The summed E-state index contributed by atoms with van der Waals surface area (Å²) in [5.74, 6) is 0.382. The minimum atomic E-state index is -0.773. The fourth-order valence-electron chi connectivity index (χ4n) is 3.66. The van der Waals surface area contributed by atoms with E-state index in [0.29, 0.717) is 25.0 Å². The van der Waals surface area contributed by atoms with Gasteiger partial charge in [0.1, 0.15) is 11.9 Å². The van der Waals surface area contributed by atoms with Crippen molar-refractivity contribution in [3.8, 4) is 5.75 Å². The summed E-state index contributed by atoms with van der Waals surface area (Å²) in [5, 5.41) is 19.4. The van der Waals surface area contributed by atoms with Crippen LogP contribution in [0.4, 0.5) is 0 Å². The number of nitrogens with zero attached hydrogens (tertiary/aromatic N) is 2. The number of carbonyl (C=O) groups is 1. The summed E-state index contributed by atoms with van der Waals surface area (Å²) in [4.78, 5) is 15.0. The van der Waals surface area contributed by atoms with Crippen LogP contribution in [0.2, 0.25) is 0 Å². The lowest BCUT2D eigenvalue weighted by atomic mass is 10.1. The van der Waals surface area contributed by atoms with Gasteiger partial charge in [-0.15, -0.1) is 0 Å².